The minimum Gasteiger partial charge on any atom is -0.491 e. The Morgan fingerprint density at radius 3 is 2.80 bits per heavy atom. The lowest BCUT2D eigenvalue weighted by molar-refractivity contribution is 0.0911. The number of aryl methyl sites for hydroxylation is 1. The van der Waals surface area contributed by atoms with E-state index in [1.165, 1.54) is 23.0 Å². The lowest BCUT2D eigenvalue weighted by Gasteiger charge is -2.15. The Balaban J connectivity index is 1.77. The summed E-state index contributed by atoms with van der Waals surface area (Å²) in [6, 6.07) is 10.6. The number of aliphatic hydroxyl groups excluding tert-OH is 1. The van der Waals surface area contributed by atoms with E-state index in [4.69, 9.17) is 27.9 Å². The van der Waals surface area contributed by atoms with Crippen molar-refractivity contribution in [2.75, 3.05) is 6.61 Å². The zero-order chi connectivity index (χ0) is 18.0. The van der Waals surface area contributed by atoms with Gasteiger partial charge in [0.1, 0.15) is 18.5 Å². The van der Waals surface area contributed by atoms with Crippen molar-refractivity contribution in [1.82, 2.24) is 9.55 Å². The van der Waals surface area contributed by atoms with E-state index in [1.807, 2.05) is 31.2 Å². The molecule has 2 aromatic carbocycles. The van der Waals surface area contributed by atoms with Crippen LogP contribution in [0.4, 0.5) is 0 Å². The molecule has 0 saturated carbocycles. The standard InChI is InChI=1S/C18H16Cl2N2O3/c1-11-4-2-3-5-16(11)25-9-13(23)8-22-10-21-17-14(18(22)24)6-12(19)7-15(17)20/h2-7,10,13,23H,8-9H2,1H3/t13-/m1/s1. The largest absolute Gasteiger partial charge is 0.491 e. The zero-order valence-corrected chi connectivity index (χ0v) is 15.0. The molecule has 1 heterocycles. The smallest absolute Gasteiger partial charge is 0.261 e. The maximum Gasteiger partial charge on any atom is 0.261 e. The number of aliphatic hydroxyl groups is 1. The summed E-state index contributed by atoms with van der Waals surface area (Å²) in [6.45, 7) is 2.04. The molecule has 0 spiro atoms. The first-order valence-corrected chi connectivity index (χ1v) is 8.42. The summed E-state index contributed by atoms with van der Waals surface area (Å²) in [5.74, 6) is 0.698. The van der Waals surface area contributed by atoms with Crippen LogP contribution in [0.25, 0.3) is 10.9 Å². The highest BCUT2D eigenvalue weighted by atomic mass is 35.5. The van der Waals surface area contributed by atoms with Crippen LogP contribution in [-0.4, -0.2) is 27.4 Å². The lowest BCUT2D eigenvalue weighted by atomic mass is 10.2. The molecule has 0 radical (unpaired) electrons. The van der Waals surface area contributed by atoms with Gasteiger partial charge >= 0.3 is 0 Å². The van der Waals surface area contributed by atoms with Crippen LogP contribution in [0.2, 0.25) is 10.0 Å². The summed E-state index contributed by atoms with van der Waals surface area (Å²) in [7, 11) is 0. The summed E-state index contributed by atoms with van der Waals surface area (Å²) in [4.78, 5) is 16.7. The van der Waals surface area contributed by atoms with Gasteiger partial charge in [-0.15, -0.1) is 0 Å². The Labute approximate surface area is 154 Å². The molecule has 0 aliphatic carbocycles. The fourth-order valence-electron chi connectivity index (χ4n) is 2.51. The molecule has 0 amide bonds. The third-order valence-corrected chi connectivity index (χ3v) is 4.28. The lowest BCUT2D eigenvalue weighted by Crippen LogP contribution is -2.30. The minimum atomic E-state index is -0.869. The number of nitrogens with zero attached hydrogens (tertiary/aromatic N) is 2. The number of hydrogen-bond donors (Lipinski definition) is 1. The highest BCUT2D eigenvalue weighted by Crippen LogP contribution is 2.24. The molecule has 25 heavy (non-hydrogen) atoms. The van der Waals surface area contributed by atoms with Crippen molar-refractivity contribution in [2.45, 2.75) is 19.6 Å². The van der Waals surface area contributed by atoms with Crippen LogP contribution in [0.1, 0.15) is 5.56 Å². The normalized spacial score (nSPS) is 12.3. The molecule has 3 rings (SSSR count). The number of aromatic nitrogens is 2. The summed E-state index contributed by atoms with van der Waals surface area (Å²) in [5.41, 5.74) is 1.05. The molecule has 0 aliphatic heterocycles. The molecule has 1 N–H and O–H groups in total. The third-order valence-electron chi connectivity index (χ3n) is 3.78. The summed E-state index contributed by atoms with van der Waals surface area (Å²) >= 11 is 12.0. The van der Waals surface area contributed by atoms with Gasteiger partial charge in [-0.1, -0.05) is 41.4 Å². The Morgan fingerprint density at radius 2 is 2.04 bits per heavy atom. The van der Waals surface area contributed by atoms with Crippen molar-refractivity contribution in [1.29, 1.82) is 0 Å². The number of benzene rings is 2. The van der Waals surface area contributed by atoms with Gasteiger partial charge < -0.3 is 9.84 Å². The molecule has 7 heteroatoms. The third kappa shape index (κ3) is 3.95. The number of rotatable bonds is 5. The van der Waals surface area contributed by atoms with Crippen LogP contribution >= 0.6 is 23.2 Å². The number of ether oxygens (including phenoxy) is 1. The van der Waals surface area contributed by atoms with E-state index in [-0.39, 0.29) is 18.7 Å². The average molecular weight is 379 g/mol. The molecule has 1 aromatic heterocycles. The van der Waals surface area contributed by atoms with Crippen LogP contribution < -0.4 is 10.3 Å². The highest BCUT2D eigenvalue weighted by molar-refractivity contribution is 6.38. The zero-order valence-electron chi connectivity index (χ0n) is 13.4. The van der Waals surface area contributed by atoms with Crippen LogP contribution in [0.15, 0.2) is 47.5 Å². The van der Waals surface area contributed by atoms with Gasteiger partial charge in [-0.2, -0.15) is 0 Å². The van der Waals surface area contributed by atoms with Crippen LogP contribution in [0, 0.1) is 6.92 Å². The molecule has 0 unspecified atom stereocenters. The Hall–Kier alpha value is -2.08. The van der Waals surface area contributed by atoms with Crippen LogP contribution in [0.3, 0.4) is 0 Å². The predicted octanol–water partition coefficient (Wildman–Crippen LogP) is 3.45. The number of hydrogen-bond acceptors (Lipinski definition) is 4. The molecule has 130 valence electrons. The molecular weight excluding hydrogens is 363 g/mol. The molecule has 5 nitrogen and oxygen atoms in total. The molecule has 1 atom stereocenters. The first-order valence-electron chi connectivity index (χ1n) is 7.66. The molecule has 0 fully saturated rings. The van der Waals surface area contributed by atoms with Crippen molar-refractivity contribution >= 4 is 34.1 Å². The van der Waals surface area contributed by atoms with Crippen molar-refractivity contribution in [3.8, 4) is 5.75 Å². The molecule has 0 aliphatic rings. The van der Waals surface area contributed by atoms with E-state index in [2.05, 4.69) is 4.98 Å². The van der Waals surface area contributed by atoms with Crippen molar-refractivity contribution in [3.63, 3.8) is 0 Å². The molecular formula is C18H16Cl2N2O3. The fourth-order valence-corrected chi connectivity index (χ4v) is 3.05. The number of halogens is 2. The number of fused-ring (bicyclic) bond motifs is 1. The van der Waals surface area contributed by atoms with Gasteiger partial charge in [0.15, 0.2) is 0 Å². The quantitative estimate of drug-likeness (QED) is 0.738. The fraction of sp³-hybridized carbons (Fsp3) is 0.222. The predicted molar refractivity (Wildman–Crippen MR) is 98.7 cm³/mol. The van der Waals surface area contributed by atoms with Crippen LogP contribution in [0.5, 0.6) is 5.75 Å². The first-order chi connectivity index (χ1) is 12.0. The van der Waals surface area contributed by atoms with Gasteiger partial charge in [0.25, 0.3) is 5.56 Å². The maximum atomic E-state index is 12.6. The van der Waals surface area contributed by atoms with Gasteiger partial charge in [-0.25, -0.2) is 4.98 Å². The highest BCUT2D eigenvalue weighted by Gasteiger charge is 2.13. The molecule has 3 aromatic rings. The van der Waals surface area contributed by atoms with Gasteiger partial charge in [0.05, 0.1) is 28.8 Å². The first kappa shape index (κ1) is 17.7. The molecule has 0 saturated heterocycles. The van der Waals surface area contributed by atoms with E-state index in [0.717, 1.165) is 5.56 Å². The Bertz CT molecular complexity index is 972. The van der Waals surface area contributed by atoms with Gasteiger partial charge in [0, 0.05) is 5.02 Å². The second-order valence-electron chi connectivity index (χ2n) is 5.72. The summed E-state index contributed by atoms with van der Waals surface area (Å²) in [5, 5.41) is 11.2. The van der Waals surface area contributed by atoms with Crippen molar-refractivity contribution in [2.24, 2.45) is 0 Å². The topological polar surface area (TPSA) is 64.3 Å². The Morgan fingerprint density at radius 1 is 1.28 bits per heavy atom. The number of para-hydroxylation sites is 1. The monoisotopic (exact) mass is 378 g/mol. The second-order valence-corrected chi connectivity index (χ2v) is 6.56. The van der Waals surface area contributed by atoms with Crippen LogP contribution in [-0.2, 0) is 6.54 Å². The van der Waals surface area contributed by atoms with E-state index in [9.17, 15) is 9.90 Å². The van der Waals surface area contributed by atoms with E-state index in [1.54, 1.807) is 0 Å². The van der Waals surface area contributed by atoms with Gasteiger partial charge in [0.2, 0.25) is 0 Å². The summed E-state index contributed by atoms with van der Waals surface area (Å²) < 4.78 is 6.93. The minimum absolute atomic E-state index is 0.0534. The van der Waals surface area contributed by atoms with Gasteiger partial charge in [-0.3, -0.25) is 9.36 Å². The second kappa shape index (κ2) is 7.44. The summed E-state index contributed by atoms with van der Waals surface area (Å²) in [6.07, 6.45) is 0.493. The van der Waals surface area contributed by atoms with Gasteiger partial charge in [-0.05, 0) is 30.7 Å². The average Bonchev–Trinajstić information content (AvgIpc) is 2.57. The molecule has 0 bridgehead atoms. The SMILES string of the molecule is Cc1ccccc1OC[C@H](O)Cn1cnc2c(Cl)cc(Cl)cc2c1=O. The van der Waals surface area contributed by atoms with E-state index in [0.29, 0.717) is 26.7 Å². The Kier molecular flexibility index (Phi) is 5.27. The van der Waals surface area contributed by atoms with E-state index >= 15 is 0 Å². The maximum absolute atomic E-state index is 12.6. The van der Waals surface area contributed by atoms with Crippen molar-refractivity contribution in [3.05, 3.63) is 68.7 Å². The van der Waals surface area contributed by atoms with E-state index < -0.39 is 6.10 Å². The van der Waals surface area contributed by atoms with Crippen molar-refractivity contribution < 1.29 is 9.84 Å².